The molecule has 2 aliphatic rings. The van der Waals surface area contributed by atoms with E-state index in [0.717, 1.165) is 54.5 Å². The van der Waals surface area contributed by atoms with Crippen molar-refractivity contribution in [3.05, 3.63) is 46.1 Å². The van der Waals surface area contributed by atoms with Crippen molar-refractivity contribution < 1.29 is 4.79 Å². The molecule has 2 N–H and O–H groups in total. The normalized spacial score (nSPS) is 20.7. The highest BCUT2D eigenvalue weighted by Gasteiger charge is 2.35. The highest BCUT2D eigenvalue weighted by molar-refractivity contribution is 5.84. The van der Waals surface area contributed by atoms with Crippen LogP contribution < -0.4 is 5.69 Å². The first-order chi connectivity index (χ1) is 13.2. The molecule has 0 radical (unpaired) electrons. The van der Waals surface area contributed by atoms with Gasteiger partial charge >= 0.3 is 5.69 Å². The summed E-state index contributed by atoms with van der Waals surface area (Å²) in [5.74, 6) is -0.0329. The third kappa shape index (κ3) is 2.67. The molecule has 8 nitrogen and oxygen atoms in total. The third-order valence-corrected chi connectivity index (χ3v) is 5.95. The summed E-state index contributed by atoms with van der Waals surface area (Å²) < 4.78 is 1.85. The molecule has 3 aromatic rings. The monoisotopic (exact) mass is 366 g/mol. The summed E-state index contributed by atoms with van der Waals surface area (Å²) in [7, 11) is 0. The molecule has 1 atom stereocenters. The molecule has 27 heavy (non-hydrogen) atoms. The molecular weight excluding hydrogens is 344 g/mol. The van der Waals surface area contributed by atoms with E-state index in [2.05, 4.69) is 20.4 Å². The maximum Gasteiger partial charge on any atom is 0.326 e. The summed E-state index contributed by atoms with van der Waals surface area (Å²) in [6.45, 7) is 1.33. The number of imidazole rings is 1. The smallest absolute Gasteiger partial charge is 0.326 e. The lowest BCUT2D eigenvalue weighted by molar-refractivity contribution is -0.134. The highest BCUT2D eigenvalue weighted by atomic mass is 16.2. The number of hydrogen-bond donors (Lipinski definition) is 2. The topological polar surface area (TPSA) is 99.7 Å². The lowest BCUT2D eigenvalue weighted by Gasteiger charge is -2.35. The quantitative estimate of drug-likeness (QED) is 0.721. The molecular formula is C19H22N6O2. The fourth-order valence-electron chi connectivity index (χ4n) is 4.58. The molecule has 8 heteroatoms. The highest BCUT2D eigenvalue weighted by Crippen LogP contribution is 2.32. The zero-order valence-electron chi connectivity index (χ0n) is 15.0. The van der Waals surface area contributed by atoms with Gasteiger partial charge in [-0.2, -0.15) is 15.4 Å². The first kappa shape index (κ1) is 16.3. The number of benzene rings is 1. The molecule has 0 bridgehead atoms. The Bertz CT molecular complexity index is 1040. The molecule has 140 valence electrons. The number of nitrogens with zero attached hydrogens (tertiary/aromatic N) is 4. The van der Waals surface area contributed by atoms with Crippen molar-refractivity contribution in [2.45, 2.75) is 44.1 Å². The first-order valence-corrected chi connectivity index (χ1v) is 9.60. The second kappa shape index (κ2) is 6.37. The summed E-state index contributed by atoms with van der Waals surface area (Å²) in [6.07, 6.45) is 4.26. The van der Waals surface area contributed by atoms with Gasteiger partial charge in [-0.25, -0.2) is 4.79 Å². The van der Waals surface area contributed by atoms with Crippen molar-refractivity contribution in [3.63, 3.8) is 0 Å². The van der Waals surface area contributed by atoms with Crippen LogP contribution in [0.3, 0.4) is 0 Å². The van der Waals surface area contributed by atoms with Crippen LogP contribution in [0.4, 0.5) is 0 Å². The van der Waals surface area contributed by atoms with Crippen LogP contribution in [-0.2, 0) is 11.2 Å². The largest absolute Gasteiger partial charge is 0.342 e. The number of carbonyl (C=O) groups excluding carboxylic acids is 1. The summed E-state index contributed by atoms with van der Waals surface area (Å²) in [4.78, 5) is 30.3. The van der Waals surface area contributed by atoms with Gasteiger partial charge in [0.15, 0.2) is 0 Å². The van der Waals surface area contributed by atoms with E-state index in [-0.39, 0.29) is 23.6 Å². The maximum absolute atomic E-state index is 13.1. The number of aryl methyl sites for hydroxylation is 1. The van der Waals surface area contributed by atoms with Crippen LogP contribution in [-0.4, -0.2) is 48.9 Å². The summed E-state index contributed by atoms with van der Waals surface area (Å²) >= 11 is 0. The number of rotatable bonds is 2. The van der Waals surface area contributed by atoms with Gasteiger partial charge in [0.1, 0.15) is 0 Å². The van der Waals surface area contributed by atoms with E-state index >= 15 is 0 Å². The Kier molecular flexibility index (Phi) is 3.84. The van der Waals surface area contributed by atoms with E-state index < -0.39 is 0 Å². The molecule has 5 rings (SSSR count). The molecule has 1 saturated heterocycles. The minimum absolute atomic E-state index is 0.0690. The zero-order chi connectivity index (χ0) is 18.4. The fourth-order valence-corrected chi connectivity index (χ4v) is 4.58. The molecule has 0 spiro atoms. The SMILES string of the molecule is O=C(C1CCCc2n[nH]nc21)N1CCC(n2c(=O)[nH]c3ccccc32)CC1. The molecule has 3 heterocycles. The Balaban J connectivity index is 1.33. The average molecular weight is 366 g/mol. The number of fused-ring (bicyclic) bond motifs is 2. The van der Waals surface area contributed by atoms with Crippen molar-refractivity contribution in [1.82, 2.24) is 29.9 Å². The predicted molar refractivity (Wildman–Crippen MR) is 99.5 cm³/mol. The first-order valence-electron chi connectivity index (χ1n) is 9.60. The lowest BCUT2D eigenvalue weighted by atomic mass is 9.88. The van der Waals surface area contributed by atoms with Crippen molar-refractivity contribution in [3.8, 4) is 0 Å². The van der Waals surface area contributed by atoms with Crippen LogP contribution in [0, 0.1) is 0 Å². The van der Waals surface area contributed by atoms with Gasteiger partial charge in [-0.15, -0.1) is 0 Å². The van der Waals surface area contributed by atoms with Crippen LogP contribution in [0.5, 0.6) is 0 Å². The van der Waals surface area contributed by atoms with E-state index in [9.17, 15) is 9.59 Å². The molecule has 1 aliphatic heterocycles. The molecule has 1 aromatic carbocycles. The number of nitrogens with one attached hydrogen (secondary N) is 2. The molecule has 1 aliphatic carbocycles. The Labute approximate surface area is 155 Å². The summed E-state index contributed by atoms with van der Waals surface area (Å²) in [5.41, 5.74) is 3.48. The fraction of sp³-hybridized carbons (Fsp3) is 0.474. The Morgan fingerprint density at radius 1 is 1.11 bits per heavy atom. The molecule has 1 amide bonds. The average Bonchev–Trinajstić information content (AvgIpc) is 3.30. The number of aromatic nitrogens is 5. The van der Waals surface area contributed by atoms with Gasteiger partial charge in [-0.3, -0.25) is 9.36 Å². The second-order valence-corrected chi connectivity index (χ2v) is 7.47. The lowest BCUT2D eigenvalue weighted by Crippen LogP contribution is -2.43. The van der Waals surface area contributed by atoms with Gasteiger partial charge in [0.2, 0.25) is 5.91 Å². The van der Waals surface area contributed by atoms with E-state index in [1.54, 1.807) is 0 Å². The van der Waals surface area contributed by atoms with Gasteiger partial charge in [-0.05, 0) is 44.2 Å². The van der Waals surface area contributed by atoms with Crippen molar-refractivity contribution in [2.24, 2.45) is 0 Å². The number of hydrogen-bond acceptors (Lipinski definition) is 4. The number of amides is 1. The minimum Gasteiger partial charge on any atom is -0.342 e. The molecule has 2 aromatic heterocycles. The molecule has 1 fully saturated rings. The van der Waals surface area contributed by atoms with Crippen LogP contribution in [0.15, 0.2) is 29.1 Å². The standard InChI is InChI=1S/C19H22N6O2/c26-18(13-4-3-6-15-17(13)22-23-21-15)24-10-8-12(9-11-24)25-16-7-2-1-5-14(16)20-19(25)27/h1-2,5,7,12-13H,3-4,6,8-11H2,(H,20,27)(H,21,22,23). The van der Waals surface area contributed by atoms with Crippen molar-refractivity contribution >= 4 is 16.9 Å². The molecule has 1 unspecified atom stereocenters. The number of para-hydroxylation sites is 2. The minimum atomic E-state index is -0.181. The number of carbonyl (C=O) groups is 1. The number of piperidine rings is 1. The zero-order valence-corrected chi connectivity index (χ0v) is 15.0. The van der Waals surface area contributed by atoms with Gasteiger partial charge in [0, 0.05) is 19.1 Å². The van der Waals surface area contributed by atoms with Gasteiger partial charge in [0.25, 0.3) is 0 Å². The third-order valence-electron chi connectivity index (χ3n) is 5.95. The Hall–Kier alpha value is -2.90. The van der Waals surface area contributed by atoms with Crippen LogP contribution in [0.1, 0.15) is 49.0 Å². The van der Waals surface area contributed by atoms with Crippen LogP contribution >= 0.6 is 0 Å². The summed E-state index contributed by atoms with van der Waals surface area (Å²) in [6, 6.07) is 7.88. The molecule has 0 saturated carbocycles. The van der Waals surface area contributed by atoms with Gasteiger partial charge < -0.3 is 9.88 Å². The summed E-state index contributed by atoms with van der Waals surface area (Å²) in [5, 5.41) is 11.1. The van der Waals surface area contributed by atoms with E-state index in [0.29, 0.717) is 13.1 Å². The van der Waals surface area contributed by atoms with Crippen molar-refractivity contribution in [2.75, 3.05) is 13.1 Å². The van der Waals surface area contributed by atoms with Crippen LogP contribution in [0.25, 0.3) is 11.0 Å². The van der Waals surface area contributed by atoms with Crippen molar-refractivity contribution in [1.29, 1.82) is 0 Å². The van der Waals surface area contributed by atoms with E-state index in [1.807, 2.05) is 33.7 Å². The Morgan fingerprint density at radius 3 is 2.78 bits per heavy atom. The number of likely N-dealkylation sites (tertiary alicyclic amines) is 1. The second-order valence-electron chi connectivity index (χ2n) is 7.47. The maximum atomic E-state index is 13.1. The van der Waals surface area contributed by atoms with E-state index in [4.69, 9.17) is 0 Å². The van der Waals surface area contributed by atoms with Crippen LogP contribution in [0.2, 0.25) is 0 Å². The Morgan fingerprint density at radius 2 is 1.93 bits per heavy atom. The number of aromatic amines is 2. The number of H-pyrrole nitrogens is 2. The predicted octanol–water partition coefficient (Wildman–Crippen LogP) is 1.73. The van der Waals surface area contributed by atoms with E-state index in [1.165, 1.54) is 0 Å². The van der Waals surface area contributed by atoms with Gasteiger partial charge in [0.05, 0.1) is 28.3 Å². The van der Waals surface area contributed by atoms with Gasteiger partial charge in [-0.1, -0.05) is 12.1 Å².